The average Bonchev–Trinajstić information content (AvgIpc) is 3.16. The highest BCUT2D eigenvalue weighted by Crippen LogP contribution is 2.28. The number of rotatable bonds is 4. The second-order valence-electron chi connectivity index (χ2n) is 7.68. The summed E-state index contributed by atoms with van der Waals surface area (Å²) in [7, 11) is 1.65. The summed E-state index contributed by atoms with van der Waals surface area (Å²) >= 11 is 0. The fourth-order valence-electron chi connectivity index (χ4n) is 4.44. The molecule has 146 valence electrons. The van der Waals surface area contributed by atoms with Crippen molar-refractivity contribution in [3.05, 3.63) is 41.5 Å². The molecule has 0 spiro atoms. The van der Waals surface area contributed by atoms with Crippen LogP contribution >= 0.6 is 0 Å². The Morgan fingerprint density at radius 1 is 1.07 bits per heavy atom. The van der Waals surface area contributed by atoms with Crippen molar-refractivity contribution in [1.29, 1.82) is 0 Å². The third-order valence-corrected chi connectivity index (χ3v) is 6.03. The van der Waals surface area contributed by atoms with E-state index in [0.29, 0.717) is 5.88 Å². The molecule has 2 aliphatic rings. The average molecular weight is 378 g/mol. The number of ether oxygens (including phenoxy) is 1. The monoisotopic (exact) mass is 378 g/mol. The Balaban J connectivity index is 1.27. The van der Waals surface area contributed by atoms with Gasteiger partial charge in [0.2, 0.25) is 5.88 Å². The van der Waals surface area contributed by atoms with E-state index in [0.717, 1.165) is 50.0 Å². The number of aromatic nitrogens is 4. The van der Waals surface area contributed by atoms with Gasteiger partial charge in [-0.1, -0.05) is 0 Å². The van der Waals surface area contributed by atoms with Crippen LogP contribution in [0.1, 0.15) is 29.8 Å². The zero-order valence-corrected chi connectivity index (χ0v) is 16.3. The maximum absolute atomic E-state index is 5.40. The second kappa shape index (κ2) is 7.39. The van der Waals surface area contributed by atoms with Crippen LogP contribution in [0.25, 0.3) is 10.9 Å². The number of piperazine rings is 1. The number of fused-ring (bicyclic) bond motifs is 2. The van der Waals surface area contributed by atoms with Crippen molar-refractivity contribution < 1.29 is 4.74 Å². The zero-order valence-electron chi connectivity index (χ0n) is 16.3. The quantitative estimate of drug-likeness (QED) is 0.752. The number of benzene rings is 1. The molecule has 1 N–H and O–H groups in total. The molecule has 3 aromatic rings. The standard InChI is InChI=1S/C21H26N6O/c1-28-21-17-12-15(6-7-18(17)22-14-23-21)27-10-8-26(9-11-27)13-20-16-4-2-3-5-19(16)24-25-20/h6-7,12,14H,2-5,8-11,13H2,1H3,(H,24,25). The normalized spacial score (nSPS) is 17.7. The fraction of sp³-hybridized carbons (Fsp3) is 0.476. The van der Waals surface area contributed by atoms with Crippen LogP contribution in [0.15, 0.2) is 24.5 Å². The maximum atomic E-state index is 5.40. The summed E-state index contributed by atoms with van der Waals surface area (Å²) < 4.78 is 5.40. The molecule has 0 bridgehead atoms. The first-order valence-electron chi connectivity index (χ1n) is 10.1. The van der Waals surface area contributed by atoms with Crippen molar-refractivity contribution in [2.24, 2.45) is 0 Å². The predicted octanol–water partition coefficient (Wildman–Crippen LogP) is 2.56. The number of anilines is 1. The molecule has 0 unspecified atom stereocenters. The van der Waals surface area contributed by atoms with Crippen molar-refractivity contribution in [3.8, 4) is 5.88 Å². The molecule has 0 radical (unpaired) electrons. The molecule has 0 atom stereocenters. The Morgan fingerprint density at radius 2 is 1.93 bits per heavy atom. The number of hydrogen-bond donors (Lipinski definition) is 1. The zero-order chi connectivity index (χ0) is 18.9. The van der Waals surface area contributed by atoms with Gasteiger partial charge in [0.05, 0.1) is 23.7 Å². The van der Waals surface area contributed by atoms with Crippen LogP contribution in [0.3, 0.4) is 0 Å². The summed E-state index contributed by atoms with van der Waals surface area (Å²) in [4.78, 5) is 13.5. The molecule has 28 heavy (non-hydrogen) atoms. The topological polar surface area (TPSA) is 70.2 Å². The smallest absolute Gasteiger partial charge is 0.224 e. The molecular weight excluding hydrogens is 352 g/mol. The molecule has 1 aliphatic heterocycles. The molecule has 7 heteroatoms. The van der Waals surface area contributed by atoms with E-state index in [1.165, 1.54) is 41.9 Å². The number of hydrogen-bond acceptors (Lipinski definition) is 6. The van der Waals surface area contributed by atoms with E-state index < -0.39 is 0 Å². The molecule has 0 saturated carbocycles. The van der Waals surface area contributed by atoms with Crippen LogP contribution in [0, 0.1) is 0 Å². The molecule has 3 heterocycles. The van der Waals surface area contributed by atoms with Crippen molar-refractivity contribution in [1.82, 2.24) is 25.1 Å². The van der Waals surface area contributed by atoms with Gasteiger partial charge in [-0.05, 0) is 49.4 Å². The largest absolute Gasteiger partial charge is 0.480 e. The number of aryl methyl sites for hydroxylation is 1. The van der Waals surface area contributed by atoms with E-state index in [9.17, 15) is 0 Å². The molecule has 2 aromatic heterocycles. The van der Waals surface area contributed by atoms with Crippen molar-refractivity contribution in [2.75, 3.05) is 38.2 Å². The number of H-pyrrole nitrogens is 1. The second-order valence-corrected chi connectivity index (χ2v) is 7.68. The van der Waals surface area contributed by atoms with Crippen LogP contribution in [0.4, 0.5) is 5.69 Å². The minimum absolute atomic E-state index is 0.633. The Morgan fingerprint density at radius 3 is 2.79 bits per heavy atom. The van der Waals surface area contributed by atoms with Crippen molar-refractivity contribution in [2.45, 2.75) is 32.2 Å². The molecule has 1 aliphatic carbocycles. The summed E-state index contributed by atoms with van der Waals surface area (Å²) in [6, 6.07) is 6.35. The third kappa shape index (κ3) is 3.20. The van der Waals surface area contributed by atoms with Gasteiger partial charge >= 0.3 is 0 Å². The molecule has 7 nitrogen and oxygen atoms in total. The van der Waals surface area contributed by atoms with Crippen LogP contribution in [0.2, 0.25) is 0 Å². The number of nitrogens with one attached hydrogen (secondary N) is 1. The van der Waals surface area contributed by atoms with E-state index >= 15 is 0 Å². The minimum Gasteiger partial charge on any atom is -0.480 e. The van der Waals surface area contributed by atoms with Gasteiger partial charge in [0.15, 0.2) is 0 Å². The minimum atomic E-state index is 0.633. The SMILES string of the molecule is COc1ncnc2ccc(N3CCN(Cc4n[nH]c5c4CCCC5)CC3)cc12. The van der Waals surface area contributed by atoms with Gasteiger partial charge in [-0.15, -0.1) is 0 Å². The van der Waals surface area contributed by atoms with Crippen molar-refractivity contribution in [3.63, 3.8) is 0 Å². The van der Waals surface area contributed by atoms with E-state index in [2.05, 4.69) is 48.2 Å². The summed E-state index contributed by atoms with van der Waals surface area (Å²) in [6.07, 6.45) is 6.47. The van der Waals surface area contributed by atoms with Gasteiger partial charge in [0.25, 0.3) is 0 Å². The molecule has 1 saturated heterocycles. The first kappa shape index (κ1) is 17.4. The Labute approximate surface area is 164 Å². The number of nitrogens with zero attached hydrogens (tertiary/aromatic N) is 5. The van der Waals surface area contributed by atoms with Gasteiger partial charge in [-0.25, -0.2) is 9.97 Å². The molecule has 0 amide bonds. The number of methoxy groups -OCH3 is 1. The highest BCUT2D eigenvalue weighted by atomic mass is 16.5. The van der Waals surface area contributed by atoms with Gasteiger partial charge in [-0.3, -0.25) is 10.00 Å². The van der Waals surface area contributed by atoms with Gasteiger partial charge < -0.3 is 9.64 Å². The highest BCUT2D eigenvalue weighted by molar-refractivity contribution is 5.86. The Bertz CT molecular complexity index is 976. The van der Waals surface area contributed by atoms with Gasteiger partial charge in [-0.2, -0.15) is 5.10 Å². The third-order valence-electron chi connectivity index (χ3n) is 6.03. The maximum Gasteiger partial charge on any atom is 0.224 e. The summed E-state index contributed by atoms with van der Waals surface area (Å²) in [5.74, 6) is 0.633. The van der Waals surface area contributed by atoms with Crippen LogP contribution < -0.4 is 9.64 Å². The predicted molar refractivity (Wildman–Crippen MR) is 109 cm³/mol. The lowest BCUT2D eigenvalue weighted by Gasteiger charge is -2.36. The molecular formula is C21H26N6O. The van der Waals surface area contributed by atoms with Crippen LogP contribution in [-0.2, 0) is 19.4 Å². The molecule has 1 fully saturated rings. The highest BCUT2D eigenvalue weighted by Gasteiger charge is 2.22. The van der Waals surface area contributed by atoms with E-state index in [4.69, 9.17) is 4.74 Å². The van der Waals surface area contributed by atoms with Crippen LogP contribution in [-0.4, -0.2) is 58.4 Å². The molecule has 5 rings (SSSR count). The number of aromatic amines is 1. The first-order valence-corrected chi connectivity index (χ1v) is 10.1. The summed E-state index contributed by atoms with van der Waals surface area (Å²) in [5, 5.41) is 8.85. The van der Waals surface area contributed by atoms with Crippen molar-refractivity contribution >= 4 is 16.6 Å². The first-order chi connectivity index (χ1) is 13.8. The summed E-state index contributed by atoms with van der Waals surface area (Å²) in [6.45, 7) is 5.06. The van der Waals surface area contributed by atoms with E-state index in [-0.39, 0.29) is 0 Å². The Hall–Kier alpha value is -2.67. The Kier molecular flexibility index (Phi) is 4.60. The van der Waals surface area contributed by atoms with Gasteiger partial charge in [0.1, 0.15) is 6.33 Å². The van der Waals surface area contributed by atoms with Gasteiger partial charge in [0, 0.05) is 44.1 Å². The lowest BCUT2D eigenvalue weighted by Crippen LogP contribution is -2.46. The summed E-state index contributed by atoms with van der Waals surface area (Å²) in [5.41, 5.74) is 6.23. The fourth-order valence-corrected chi connectivity index (χ4v) is 4.44. The lowest BCUT2D eigenvalue weighted by atomic mass is 9.96. The van der Waals surface area contributed by atoms with Crippen LogP contribution in [0.5, 0.6) is 5.88 Å². The molecule has 1 aromatic carbocycles. The van der Waals surface area contributed by atoms with E-state index in [1.54, 1.807) is 13.4 Å². The lowest BCUT2D eigenvalue weighted by molar-refractivity contribution is 0.246. The van der Waals surface area contributed by atoms with E-state index in [1.807, 2.05) is 0 Å².